The summed E-state index contributed by atoms with van der Waals surface area (Å²) in [6.07, 6.45) is 2.23. The molecule has 30 heavy (non-hydrogen) atoms. The number of benzene rings is 3. The molecule has 0 aromatic heterocycles. The van der Waals surface area contributed by atoms with Gasteiger partial charge in [-0.1, -0.05) is 31.4 Å². The molecule has 3 aromatic rings. The Kier molecular flexibility index (Phi) is 6.45. The number of carbonyl (C=O) groups is 2. The molecule has 0 unspecified atom stereocenters. The van der Waals surface area contributed by atoms with Gasteiger partial charge in [-0.2, -0.15) is 0 Å². The molecule has 0 radical (unpaired) electrons. The molecule has 3 aromatic carbocycles. The van der Waals surface area contributed by atoms with E-state index in [1.54, 1.807) is 24.3 Å². The summed E-state index contributed by atoms with van der Waals surface area (Å²) < 4.78 is 10.4. The number of carbonyl (C=O) groups excluding carboxylic acids is 2. The van der Waals surface area contributed by atoms with E-state index in [2.05, 4.69) is 13.2 Å². The first kappa shape index (κ1) is 20.6. The van der Waals surface area contributed by atoms with Crippen LogP contribution in [-0.4, -0.2) is 11.9 Å². The Balaban J connectivity index is 2.03. The third-order valence-electron chi connectivity index (χ3n) is 4.20. The van der Waals surface area contributed by atoms with E-state index >= 15 is 0 Å². The van der Waals surface area contributed by atoms with Crippen molar-refractivity contribution < 1.29 is 19.1 Å². The molecule has 0 saturated heterocycles. The first-order valence-corrected chi connectivity index (χ1v) is 9.25. The normalized spacial score (nSPS) is 10.0. The van der Waals surface area contributed by atoms with Crippen LogP contribution in [0.25, 0.3) is 0 Å². The number of hydrogen-bond donors (Lipinski definition) is 0. The third-order valence-corrected chi connectivity index (χ3v) is 4.20. The number of ether oxygens (including phenoxy) is 2. The first-order valence-electron chi connectivity index (χ1n) is 9.25. The van der Waals surface area contributed by atoms with Crippen LogP contribution >= 0.6 is 0 Å². The first-order chi connectivity index (χ1) is 14.5. The van der Waals surface area contributed by atoms with Crippen LogP contribution in [0.1, 0.15) is 5.56 Å². The zero-order valence-corrected chi connectivity index (χ0v) is 16.6. The molecule has 0 atom stereocenters. The molecule has 0 spiro atoms. The van der Waals surface area contributed by atoms with Gasteiger partial charge in [-0.15, -0.1) is 0 Å². The van der Waals surface area contributed by atoms with Crippen LogP contribution in [0.4, 0.5) is 17.1 Å². The van der Waals surface area contributed by atoms with Crippen LogP contribution in [0.2, 0.25) is 0 Å². The summed E-state index contributed by atoms with van der Waals surface area (Å²) in [7, 11) is 0. The van der Waals surface area contributed by atoms with Gasteiger partial charge in [-0.05, 0) is 61.0 Å². The molecular weight excluding hydrogens is 378 g/mol. The molecule has 0 N–H and O–H groups in total. The lowest BCUT2D eigenvalue weighted by Crippen LogP contribution is -2.11. The lowest BCUT2D eigenvalue weighted by Gasteiger charge is -2.26. The average Bonchev–Trinajstić information content (AvgIpc) is 2.75. The average molecular weight is 399 g/mol. The zero-order chi connectivity index (χ0) is 21.5. The lowest BCUT2D eigenvalue weighted by molar-refractivity contribution is -0.129. The summed E-state index contributed by atoms with van der Waals surface area (Å²) in [6, 6.07) is 22.3. The number of esters is 2. The molecule has 5 nitrogen and oxygen atoms in total. The van der Waals surface area contributed by atoms with Crippen molar-refractivity contribution in [1.82, 2.24) is 0 Å². The number of aryl methyl sites for hydroxylation is 1. The van der Waals surface area contributed by atoms with E-state index in [4.69, 9.17) is 9.47 Å². The molecule has 150 valence electrons. The molecule has 0 saturated carbocycles. The van der Waals surface area contributed by atoms with Crippen LogP contribution in [0.5, 0.6) is 11.5 Å². The smallest absolute Gasteiger partial charge is 0.335 e. The van der Waals surface area contributed by atoms with E-state index < -0.39 is 11.9 Å². The second kappa shape index (κ2) is 9.39. The minimum absolute atomic E-state index is 0.409. The summed E-state index contributed by atoms with van der Waals surface area (Å²) in [6.45, 7) is 8.84. The van der Waals surface area contributed by atoms with Crippen LogP contribution in [-0.2, 0) is 9.59 Å². The van der Waals surface area contributed by atoms with Crippen molar-refractivity contribution in [2.75, 3.05) is 4.90 Å². The molecule has 0 heterocycles. The van der Waals surface area contributed by atoms with E-state index in [1.165, 1.54) is 0 Å². The zero-order valence-electron chi connectivity index (χ0n) is 16.6. The Labute approximate surface area is 175 Å². The van der Waals surface area contributed by atoms with Crippen molar-refractivity contribution in [3.05, 3.63) is 104 Å². The van der Waals surface area contributed by atoms with Crippen molar-refractivity contribution in [1.29, 1.82) is 0 Å². The van der Waals surface area contributed by atoms with Crippen LogP contribution in [0, 0.1) is 6.92 Å². The minimum atomic E-state index is -0.525. The minimum Gasteiger partial charge on any atom is -0.423 e. The third kappa shape index (κ3) is 5.02. The highest BCUT2D eigenvalue weighted by Gasteiger charge is 2.14. The molecule has 0 aliphatic rings. The quantitative estimate of drug-likeness (QED) is 0.292. The Hall–Kier alpha value is -4.12. The van der Waals surface area contributed by atoms with E-state index in [9.17, 15) is 9.59 Å². The van der Waals surface area contributed by atoms with Gasteiger partial charge in [0.05, 0.1) is 0 Å². The predicted molar refractivity (Wildman–Crippen MR) is 118 cm³/mol. The van der Waals surface area contributed by atoms with E-state index in [0.29, 0.717) is 11.5 Å². The summed E-state index contributed by atoms with van der Waals surface area (Å²) in [5, 5.41) is 0. The van der Waals surface area contributed by atoms with Crippen LogP contribution in [0.3, 0.4) is 0 Å². The molecule has 0 amide bonds. The van der Waals surface area contributed by atoms with Gasteiger partial charge in [0, 0.05) is 35.3 Å². The highest BCUT2D eigenvalue weighted by atomic mass is 16.5. The monoisotopic (exact) mass is 399 g/mol. The molecule has 0 aliphatic heterocycles. The fourth-order valence-electron chi connectivity index (χ4n) is 2.88. The summed E-state index contributed by atoms with van der Waals surface area (Å²) >= 11 is 0. The van der Waals surface area contributed by atoms with E-state index in [-0.39, 0.29) is 0 Å². The topological polar surface area (TPSA) is 55.8 Å². The van der Waals surface area contributed by atoms with Crippen LogP contribution < -0.4 is 14.4 Å². The second-order valence-corrected chi connectivity index (χ2v) is 6.42. The van der Waals surface area contributed by atoms with Gasteiger partial charge in [-0.25, -0.2) is 9.59 Å². The molecule has 3 rings (SSSR count). The van der Waals surface area contributed by atoms with Crippen molar-refractivity contribution in [2.45, 2.75) is 6.92 Å². The molecule has 5 heteroatoms. The van der Waals surface area contributed by atoms with Crippen molar-refractivity contribution in [2.24, 2.45) is 0 Å². The number of rotatable bonds is 7. The van der Waals surface area contributed by atoms with E-state index in [1.807, 2.05) is 60.4 Å². The van der Waals surface area contributed by atoms with Gasteiger partial charge in [0.2, 0.25) is 0 Å². The number of hydrogen-bond acceptors (Lipinski definition) is 5. The van der Waals surface area contributed by atoms with Crippen molar-refractivity contribution in [3.63, 3.8) is 0 Å². The van der Waals surface area contributed by atoms with Crippen molar-refractivity contribution >= 4 is 29.0 Å². The Morgan fingerprint density at radius 1 is 0.733 bits per heavy atom. The Morgan fingerprint density at radius 3 is 1.90 bits per heavy atom. The highest BCUT2D eigenvalue weighted by molar-refractivity contribution is 5.85. The highest BCUT2D eigenvalue weighted by Crippen LogP contribution is 2.37. The van der Waals surface area contributed by atoms with Gasteiger partial charge in [-0.3, -0.25) is 0 Å². The maximum atomic E-state index is 11.6. The van der Waals surface area contributed by atoms with Crippen LogP contribution in [0.15, 0.2) is 98.1 Å². The van der Waals surface area contributed by atoms with Crippen molar-refractivity contribution in [3.8, 4) is 11.5 Å². The number of anilines is 3. The number of nitrogens with zero attached hydrogens (tertiary/aromatic N) is 1. The SMILES string of the molecule is C=CC(=O)Oc1ccc(N(c2cccc(C)c2)c2cccc(OC(=O)C=C)c2)cc1. The standard InChI is InChI=1S/C25H21NO4/c1-4-24(27)29-22-14-12-19(13-15-22)26(20-9-6-8-18(3)16-20)21-10-7-11-23(17-21)30-25(28)5-2/h4-17H,1-2H2,3H3. The lowest BCUT2D eigenvalue weighted by atomic mass is 10.1. The summed E-state index contributed by atoms with van der Waals surface area (Å²) in [5.41, 5.74) is 3.67. The Morgan fingerprint density at radius 2 is 1.30 bits per heavy atom. The van der Waals surface area contributed by atoms with Gasteiger partial charge in [0.25, 0.3) is 0 Å². The molecular formula is C25H21NO4. The maximum Gasteiger partial charge on any atom is 0.335 e. The van der Waals surface area contributed by atoms with E-state index in [0.717, 1.165) is 34.8 Å². The van der Waals surface area contributed by atoms with Gasteiger partial charge in [0.15, 0.2) is 0 Å². The van der Waals surface area contributed by atoms with Gasteiger partial charge in [0.1, 0.15) is 11.5 Å². The van der Waals surface area contributed by atoms with Gasteiger partial charge < -0.3 is 14.4 Å². The Bertz CT molecular complexity index is 1090. The molecule has 0 aliphatic carbocycles. The fourth-order valence-corrected chi connectivity index (χ4v) is 2.88. The molecule has 0 bridgehead atoms. The summed E-state index contributed by atoms with van der Waals surface area (Å²) in [5.74, 6) is -0.217. The molecule has 0 fully saturated rings. The second-order valence-electron chi connectivity index (χ2n) is 6.42. The fraction of sp³-hybridized carbons (Fsp3) is 0.0400. The predicted octanol–water partition coefficient (Wildman–Crippen LogP) is 5.65. The largest absolute Gasteiger partial charge is 0.423 e. The maximum absolute atomic E-state index is 11.6. The summed E-state index contributed by atoms with van der Waals surface area (Å²) in [4.78, 5) is 25.0. The van der Waals surface area contributed by atoms with Gasteiger partial charge >= 0.3 is 11.9 Å².